The lowest BCUT2D eigenvalue weighted by Gasteiger charge is -2.36. The Bertz CT molecular complexity index is 620. The van der Waals surface area contributed by atoms with E-state index in [0.29, 0.717) is 19.5 Å². The van der Waals surface area contributed by atoms with E-state index in [4.69, 9.17) is 4.74 Å². The van der Waals surface area contributed by atoms with E-state index in [0.717, 1.165) is 9.88 Å². The summed E-state index contributed by atoms with van der Waals surface area (Å²) in [5.41, 5.74) is 0. The molecular formula is C13H19N5O5S. The molecule has 0 N–H and O–H groups in total. The summed E-state index contributed by atoms with van der Waals surface area (Å²) in [6.07, 6.45) is 2.45. The summed E-state index contributed by atoms with van der Waals surface area (Å²) in [6, 6.07) is 0. The van der Waals surface area contributed by atoms with Gasteiger partial charge in [0.15, 0.2) is 5.03 Å². The number of carbonyl (C=O) groups is 1. The second-order valence-corrected chi connectivity index (χ2v) is 6.41. The molecule has 0 saturated carbocycles. The van der Waals surface area contributed by atoms with Gasteiger partial charge in [0.25, 0.3) is 5.96 Å². The highest BCUT2D eigenvalue weighted by atomic mass is 32.1. The fourth-order valence-corrected chi connectivity index (χ4v) is 3.05. The minimum Gasteiger partial charge on any atom is -0.469 e. The first-order chi connectivity index (χ1) is 11.5. The molecule has 0 aliphatic carbocycles. The van der Waals surface area contributed by atoms with E-state index in [1.807, 2.05) is 6.92 Å². The smallest absolute Gasteiger partial charge is 0.305 e. The summed E-state index contributed by atoms with van der Waals surface area (Å²) in [5, 5.41) is 14.6. The van der Waals surface area contributed by atoms with Gasteiger partial charge < -0.3 is 19.3 Å². The quantitative estimate of drug-likeness (QED) is 0.404. The first-order valence-electron chi connectivity index (χ1n) is 7.28. The molecule has 0 spiro atoms. The zero-order valence-electron chi connectivity index (χ0n) is 13.5. The van der Waals surface area contributed by atoms with Gasteiger partial charge in [0.1, 0.15) is 18.6 Å². The molecule has 1 aliphatic heterocycles. The van der Waals surface area contributed by atoms with Crippen LogP contribution in [0.15, 0.2) is 11.3 Å². The van der Waals surface area contributed by atoms with Crippen LogP contribution in [0.2, 0.25) is 0 Å². The van der Waals surface area contributed by atoms with Crippen LogP contribution in [0.3, 0.4) is 0 Å². The highest BCUT2D eigenvalue weighted by Crippen LogP contribution is 2.18. The summed E-state index contributed by atoms with van der Waals surface area (Å²) in [4.78, 5) is 30.5. The van der Waals surface area contributed by atoms with Crippen molar-refractivity contribution in [3.05, 3.63) is 26.2 Å². The van der Waals surface area contributed by atoms with Crippen molar-refractivity contribution in [3.63, 3.8) is 0 Å². The van der Waals surface area contributed by atoms with E-state index in [-0.39, 0.29) is 31.8 Å². The summed E-state index contributed by atoms with van der Waals surface area (Å²) < 4.78 is 10.1. The Morgan fingerprint density at radius 2 is 2.29 bits per heavy atom. The van der Waals surface area contributed by atoms with Gasteiger partial charge in [0.2, 0.25) is 0 Å². The molecule has 1 fully saturated rings. The predicted molar refractivity (Wildman–Crippen MR) is 85.6 cm³/mol. The number of aryl methyl sites for hydroxylation is 1. The predicted octanol–water partition coefficient (Wildman–Crippen LogP) is 1.00. The summed E-state index contributed by atoms with van der Waals surface area (Å²) in [7, 11) is 1.32. The van der Waals surface area contributed by atoms with Gasteiger partial charge in [0.05, 0.1) is 18.7 Å². The number of guanidine groups is 1. The maximum Gasteiger partial charge on any atom is 0.305 e. The number of aromatic nitrogens is 1. The molecular weight excluding hydrogens is 338 g/mol. The minimum absolute atomic E-state index is 0.187. The molecule has 0 bridgehead atoms. The van der Waals surface area contributed by atoms with Gasteiger partial charge in [-0.05, 0) is 13.3 Å². The van der Waals surface area contributed by atoms with Crippen molar-refractivity contribution >= 4 is 23.3 Å². The minimum atomic E-state index is -0.723. The van der Waals surface area contributed by atoms with E-state index in [2.05, 4.69) is 14.8 Å². The number of hydrazone groups is 1. The van der Waals surface area contributed by atoms with Crippen molar-refractivity contribution in [2.24, 2.45) is 5.10 Å². The molecule has 0 unspecified atom stereocenters. The average molecular weight is 357 g/mol. The highest BCUT2D eigenvalue weighted by molar-refractivity contribution is 7.11. The van der Waals surface area contributed by atoms with E-state index in [1.54, 1.807) is 16.0 Å². The molecule has 2 heterocycles. The molecule has 132 valence electrons. The molecule has 0 amide bonds. The van der Waals surface area contributed by atoms with Crippen molar-refractivity contribution in [3.8, 4) is 0 Å². The van der Waals surface area contributed by atoms with Crippen molar-refractivity contribution in [2.75, 3.05) is 27.1 Å². The van der Waals surface area contributed by atoms with Gasteiger partial charge in [-0.2, -0.15) is 0 Å². The molecule has 0 atom stereocenters. The van der Waals surface area contributed by atoms with Crippen molar-refractivity contribution in [1.82, 2.24) is 14.8 Å². The number of hydrogen-bond acceptors (Lipinski definition) is 7. The number of hydrogen-bond donors (Lipinski definition) is 0. The fraction of sp³-hybridized carbons (Fsp3) is 0.615. The molecule has 1 aromatic heterocycles. The Kier molecular flexibility index (Phi) is 6.44. The van der Waals surface area contributed by atoms with Crippen LogP contribution in [-0.2, 0) is 20.8 Å². The Morgan fingerprint density at radius 1 is 1.54 bits per heavy atom. The van der Waals surface area contributed by atoms with Crippen LogP contribution in [0, 0.1) is 17.0 Å². The van der Waals surface area contributed by atoms with Crippen LogP contribution in [-0.4, -0.2) is 58.9 Å². The van der Waals surface area contributed by atoms with Crippen molar-refractivity contribution in [2.45, 2.75) is 26.3 Å². The Labute approximate surface area is 142 Å². The molecule has 24 heavy (non-hydrogen) atoms. The van der Waals surface area contributed by atoms with Gasteiger partial charge in [-0.25, -0.2) is 15.1 Å². The Hall–Kier alpha value is -2.27. The molecule has 1 saturated heterocycles. The number of carbonyl (C=O) groups excluding carboxylic acids is 1. The maximum atomic E-state index is 11.2. The first-order valence-corrected chi connectivity index (χ1v) is 8.10. The van der Waals surface area contributed by atoms with E-state index >= 15 is 0 Å². The maximum absolute atomic E-state index is 11.2. The summed E-state index contributed by atoms with van der Waals surface area (Å²) in [6.45, 7) is 3.11. The molecule has 2 rings (SSSR count). The lowest BCUT2D eigenvalue weighted by atomic mass is 10.3. The lowest BCUT2D eigenvalue weighted by Crippen LogP contribution is -2.51. The van der Waals surface area contributed by atoms with Crippen LogP contribution >= 0.6 is 11.3 Å². The fourth-order valence-electron chi connectivity index (χ4n) is 2.24. The number of esters is 1. The van der Waals surface area contributed by atoms with Gasteiger partial charge in [-0.1, -0.05) is 0 Å². The number of rotatable bonds is 7. The molecule has 0 radical (unpaired) electrons. The molecule has 11 heteroatoms. The zero-order valence-corrected chi connectivity index (χ0v) is 14.3. The molecule has 1 aromatic rings. The van der Waals surface area contributed by atoms with Crippen LogP contribution in [0.25, 0.3) is 0 Å². The largest absolute Gasteiger partial charge is 0.469 e. The zero-order chi connectivity index (χ0) is 17.5. The average Bonchev–Trinajstić information content (AvgIpc) is 2.94. The molecule has 10 nitrogen and oxygen atoms in total. The van der Waals surface area contributed by atoms with E-state index in [1.165, 1.54) is 18.4 Å². The van der Waals surface area contributed by atoms with Crippen LogP contribution in [0.4, 0.5) is 0 Å². The topological polar surface area (TPSA) is 110 Å². The molecule has 0 aromatic carbocycles. The Morgan fingerprint density at radius 3 is 2.92 bits per heavy atom. The first kappa shape index (κ1) is 18.1. The van der Waals surface area contributed by atoms with Crippen molar-refractivity contribution in [1.29, 1.82) is 0 Å². The van der Waals surface area contributed by atoms with Crippen LogP contribution in [0.5, 0.6) is 0 Å². The number of nitro groups is 1. The highest BCUT2D eigenvalue weighted by Gasteiger charge is 2.28. The lowest BCUT2D eigenvalue weighted by molar-refractivity contribution is -0.486. The second kappa shape index (κ2) is 8.55. The Balaban J connectivity index is 2.06. The number of thiazole rings is 1. The van der Waals surface area contributed by atoms with Crippen LogP contribution < -0.4 is 0 Å². The van der Waals surface area contributed by atoms with E-state index in [9.17, 15) is 14.9 Å². The SMILES string of the molecule is COC(=O)CCCN1COCN(Cc2cnc(C)s2)/C1=N/[N+](=O)[O-]. The van der Waals surface area contributed by atoms with Crippen LogP contribution in [0.1, 0.15) is 22.7 Å². The van der Waals surface area contributed by atoms with Gasteiger partial charge in [-0.15, -0.1) is 11.3 Å². The summed E-state index contributed by atoms with van der Waals surface area (Å²) in [5.74, 6) is -0.0974. The summed E-state index contributed by atoms with van der Waals surface area (Å²) >= 11 is 1.52. The normalized spacial score (nSPS) is 16.5. The van der Waals surface area contributed by atoms with Crippen molar-refractivity contribution < 1.29 is 19.3 Å². The van der Waals surface area contributed by atoms with Gasteiger partial charge in [-0.3, -0.25) is 4.79 Å². The standard InChI is InChI=1S/C13H19N5O5S/c1-10-14-6-11(24-10)7-17-9-23-8-16(13(17)15-18(20)21)5-3-4-12(19)22-2/h6H,3-5,7-9H2,1-2H3/b15-13+. The number of methoxy groups -OCH3 is 1. The number of nitrogens with zero attached hydrogens (tertiary/aromatic N) is 5. The third-order valence-corrected chi connectivity index (χ3v) is 4.18. The monoisotopic (exact) mass is 357 g/mol. The van der Waals surface area contributed by atoms with Gasteiger partial charge >= 0.3 is 5.97 Å². The van der Waals surface area contributed by atoms with E-state index < -0.39 is 5.03 Å². The molecule has 1 aliphatic rings. The van der Waals surface area contributed by atoms with Gasteiger partial charge in [0, 0.05) is 24.0 Å². The second-order valence-electron chi connectivity index (χ2n) is 5.09. The number of ether oxygens (including phenoxy) is 2. The third kappa shape index (κ3) is 5.13. The third-order valence-electron chi connectivity index (χ3n) is 3.28.